The van der Waals surface area contributed by atoms with Crippen LogP contribution in [-0.4, -0.2) is 52.6 Å². The van der Waals surface area contributed by atoms with E-state index in [0.29, 0.717) is 78.3 Å². The molecule has 0 fully saturated rings. The van der Waals surface area contributed by atoms with E-state index >= 15 is 0 Å². The van der Waals surface area contributed by atoms with E-state index < -0.39 is 0 Å². The molecule has 0 spiro atoms. The summed E-state index contributed by atoms with van der Waals surface area (Å²) in [6.07, 6.45) is 5.68. The highest BCUT2D eigenvalue weighted by atomic mass is 16.5. The summed E-state index contributed by atoms with van der Waals surface area (Å²) in [6.45, 7) is 4.44. The zero-order chi connectivity index (χ0) is 33.6. The largest absolute Gasteiger partial charge is 0.493 e. The summed E-state index contributed by atoms with van der Waals surface area (Å²) >= 11 is 0. The second-order valence-corrected chi connectivity index (χ2v) is 12.3. The van der Waals surface area contributed by atoms with E-state index in [-0.39, 0.29) is 0 Å². The van der Waals surface area contributed by atoms with Gasteiger partial charge in [0.2, 0.25) is 0 Å². The molecular formula is C40H52N4O4. The number of benzene rings is 4. The fraction of sp³-hybridized carbons (Fsp3) is 0.400. The summed E-state index contributed by atoms with van der Waals surface area (Å²) in [4.78, 5) is 0. The molecule has 5 rings (SSSR count). The van der Waals surface area contributed by atoms with E-state index in [4.69, 9.17) is 41.9 Å². The number of nitrogens with two attached hydrogens (primary N) is 4. The van der Waals surface area contributed by atoms with Crippen LogP contribution in [0.15, 0.2) is 72.8 Å². The number of rotatable bonds is 16. The van der Waals surface area contributed by atoms with Crippen molar-refractivity contribution in [1.29, 1.82) is 0 Å². The Bertz CT molecular complexity index is 1290. The number of hydrogen-bond acceptors (Lipinski definition) is 8. The van der Waals surface area contributed by atoms with E-state index in [1.807, 2.05) is 0 Å². The molecule has 1 aliphatic carbocycles. The highest BCUT2D eigenvalue weighted by Gasteiger charge is 2.21. The molecule has 8 heteroatoms. The molecule has 0 unspecified atom stereocenters. The molecule has 0 heterocycles. The molecule has 8 nitrogen and oxygen atoms in total. The standard InChI is InChI=1S/C40H52N4O4/c41-17-5-21-45-37-29-9-1-10-30(37)26-32-12-3-14-34(39(32)47-23-7-19-43)28-36-16-4-15-35(40(36)48-24-8-20-44)27-33-13-2-11-31(25-29)38(33)46-22-6-18-42/h1-4,9-16H,5-8,17-28,41-44H2. The Morgan fingerprint density at radius 2 is 0.521 bits per heavy atom. The van der Waals surface area contributed by atoms with Crippen molar-refractivity contribution in [2.45, 2.75) is 51.4 Å². The minimum absolute atomic E-state index is 0.544. The minimum atomic E-state index is 0.544. The van der Waals surface area contributed by atoms with Crippen molar-refractivity contribution in [1.82, 2.24) is 0 Å². The highest BCUT2D eigenvalue weighted by molar-refractivity contribution is 5.56. The zero-order valence-electron chi connectivity index (χ0n) is 28.2. The Morgan fingerprint density at radius 1 is 0.333 bits per heavy atom. The molecule has 0 aliphatic heterocycles. The van der Waals surface area contributed by atoms with Crippen molar-refractivity contribution in [3.63, 3.8) is 0 Å². The van der Waals surface area contributed by atoms with Crippen LogP contribution in [0, 0.1) is 0 Å². The maximum atomic E-state index is 6.55. The lowest BCUT2D eigenvalue weighted by Gasteiger charge is -2.23. The van der Waals surface area contributed by atoms with Gasteiger partial charge in [0.05, 0.1) is 26.4 Å². The van der Waals surface area contributed by atoms with E-state index in [0.717, 1.165) is 93.2 Å². The monoisotopic (exact) mass is 652 g/mol. The quantitative estimate of drug-likeness (QED) is 0.106. The van der Waals surface area contributed by atoms with Gasteiger partial charge < -0.3 is 41.9 Å². The average Bonchev–Trinajstić information content (AvgIpc) is 3.09. The van der Waals surface area contributed by atoms with Crippen LogP contribution < -0.4 is 41.9 Å². The smallest absolute Gasteiger partial charge is 0.126 e. The molecule has 0 atom stereocenters. The van der Waals surface area contributed by atoms with Crippen molar-refractivity contribution in [3.05, 3.63) is 117 Å². The van der Waals surface area contributed by atoms with Crippen molar-refractivity contribution < 1.29 is 18.9 Å². The Hall–Kier alpha value is -4.08. The van der Waals surface area contributed by atoms with Crippen LogP contribution in [0.5, 0.6) is 23.0 Å². The number of fused-ring (bicyclic) bond motifs is 8. The fourth-order valence-electron chi connectivity index (χ4n) is 6.26. The van der Waals surface area contributed by atoms with Crippen LogP contribution in [0.4, 0.5) is 0 Å². The zero-order valence-corrected chi connectivity index (χ0v) is 28.2. The fourth-order valence-corrected chi connectivity index (χ4v) is 6.26. The normalized spacial score (nSPS) is 12.4. The van der Waals surface area contributed by atoms with Gasteiger partial charge in [0.15, 0.2) is 0 Å². The summed E-state index contributed by atoms with van der Waals surface area (Å²) in [6, 6.07) is 25.7. The van der Waals surface area contributed by atoms with Crippen LogP contribution in [-0.2, 0) is 25.7 Å². The molecule has 0 saturated heterocycles. The Kier molecular flexibility index (Phi) is 13.5. The lowest BCUT2D eigenvalue weighted by molar-refractivity contribution is 0.301. The molecule has 0 saturated carbocycles. The van der Waals surface area contributed by atoms with Crippen LogP contribution in [0.2, 0.25) is 0 Å². The molecule has 0 aromatic heterocycles. The molecule has 8 bridgehead atoms. The van der Waals surface area contributed by atoms with Gasteiger partial charge in [0.1, 0.15) is 23.0 Å². The first-order chi connectivity index (χ1) is 23.7. The molecule has 0 radical (unpaired) electrons. The van der Waals surface area contributed by atoms with Crippen molar-refractivity contribution >= 4 is 0 Å². The van der Waals surface area contributed by atoms with E-state index in [1.165, 1.54) is 0 Å². The number of ether oxygens (including phenoxy) is 4. The van der Waals surface area contributed by atoms with Gasteiger partial charge in [0, 0.05) is 25.7 Å². The number of para-hydroxylation sites is 4. The van der Waals surface area contributed by atoms with Gasteiger partial charge in [-0.1, -0.05) is 72.8 Å². The van der Waals surface area contributed by atoms with Crippen molar-refractivity contribution in [3.8, 4) is 23.0 Å². The molecule has 1 aliphatic rings. The predicted molar refractivity (Wildman–Crippen MR) is 194 cm³/mol. The first kappa shape index (κ1) is 35.2. The lowest BCUT2D eigenvalue weighted by atomic mass is 9.91. The van der Waals surface area contributed by atoms with Gasteiger partial charge in [-0.3, -0.25) is 0 Å². The first-order valence-corrected chi connectivity index (χ1v) is 17.4. The molecule has 4 aromatic carbocycles. The maximum absolute atomic E-state index is 6.55. The topological polar surface area (TPSA) is 141 Å². The third kappa shape index (κ3) is 9.08. The van der Waals surface area contributed by atoms with Crippen molar-refractivity contribution in [2.24, 2.45) is 22.9 Å². The molecule has 4 aromatic rings. The van der Waals surface area contributed by atoms with Crippen LogP contribution in [0.25, 0.3) is 0 Å². The van der Waals surface area contributed by atoms with Gasteiger partial charge in [-0.2, -0.15) is 0 Å². The SMILES string of the molecule is NCCCOc1c2cccc1Cc1cccc(c1OCCCN)Cc1cccc(c1OCCCN)Cc1cccc(c1OCCCN)C2. The highest BCUT2D eigenvalue weighted by Crippen LogP contribution is 2.39. The van der Waals surface area contributed by atoms with E-state index in [1.54, 1.807) is 0 Å². The van der Waals surface area contributed by atoms with Crippen LogP contribution in [0.1, 0.15) is 70.2 Å². The summed E-state index contributed by atoms with van der Waals surface area (Å²) in [7, 11) is 0. The summed E-state index contributed by atoms with van der Waals surface area (Å²) in [5.74, 6) is 3.59. The van der Waals surface area contributed by atoms with Crippen LogP contribution in [0.3, 0.4) is 0 Å². The molecule has 8 N–H and O–H groups in total. The molecule has 48 heavy (non-hydrogen) atoms. The van der Waals surface area contributed by atoms with Crippen LogP contribution >= 0.6 is 0 Å². The van der Waals surface area contributed by atoms with E-state index in [2.05, 4.69) is 72.8 Å². The lowest BCUT2D eigenvalue weighted by Crippen LogP contribution is -2.12. The summed E-state index contributed by atoms with van der Waals surface area (Å²) in [5.41, 5.74) is 32.3. The van der Waals surface area contributed by atoms with Gasteiger partial charge in [-0.05, 0) is 96.4 Å². The maximum Gasteiger partial charge on any atom is 0.126 e. The average molecular weight is 653 g/mol. The number of hydrogen-bond donors (Lipinski definition) is 4. The Balaban J connectivity index is 1.70. The van der Waals surface area contributed by atoms with Crippen molar-refractivity contribution in [2.75, 3.05) is 52.6 Å². The van der Waals surface area contributed by atoms with E-state index in [9.17, 15) is 0 Å². The van der Waals surface area contributed by atoms with Gasteiger partial charge >= 0.3 is 0 Å². The third-order valence-corrected chi connectivity index (χ3v) is 8.62. The first-order valence-electron chi connectivity index (χ1n) is 17.4. The minimum Gasteiger partial charge on any atom is -0.493 e. The van der Waals surface area contributed by atoms with Gasteiger partial charge in [-0.25, -0.2) is 0 Å². The Morgan fingerprint density at radius 3 is 0.688 bits per heavy atom. The third-order valence-electron chi connectivity index (χ3n) is 8.62. The predicted octanol–water partition coefficient (Wildman–Crippen LogP) is 5.27. The molecule has 0 amide bonds. The summed E-state index contributed by atoms with van der Waals surface area (Å²) < 4.78 is 26.2. The summed E-state index contributed by atoms with van der Waals surface area (Å²) in [5, 5.41) is 0. The second kappa shape index (κ2) is 18.5. The molecule has 256 valence electrons. The van der Waals surface area contributed by atoms with Gasteiger partial charge in [0.25, 0.3) is 0 Å². The second-order valence-electron chi connectivity index (χ2n) is 12.3. The Labute approximate surface area is 285 Å². The van der Waals surface area contributed by atoms with Gasteiger partial charge in [-0.15, -0.1) is 0 Å². The molecular weight excluding hydrogens is 600 g/mol.